The Kier molecular flexibility index (Phi) is 5.80. The average Bonchev–Trinajstić information content (AvgIpc) is 3.11. The highest BCUT2D eigenvalue weighted by atomic mass is 35.5. The molecule has 0 radical (unpaired) electrons. The van der Waals surface area contributed by atoms with E-state index in [4.69, 9.17) is 11.6 Å². The van der Waals surface area contributed by atoms with Crippen LogP contribution in [0.4, 0.5) is 57.1 Å². The van der Waals surface area contributed by atoms with Crippen LogP contribution in [0.15, 0.2) is 30.3 Å². The molecule has 0 saturated carbocycles. The second-order valence-electron chi connectivity index (χ2n) is 6.04. The lowest BCUT2D eigenvalue weighted by atomic mass is 9.92. The quantitative estimate of drug-likeness (QED) is 0.432. The fourth-order valence-electron chi connectivity index (χ4n) is 2.19. The highest BCUT2D eigenvalue weighted by Gasteiger charge is 2.91. The van der Waals surface area contributed by atoms with Crippen LogP contribution in [0.3, 0.4) is 0 Å². The Morgan fingerprint density at radius 1 is 0.645 bits per heavy atom. The van der Waals surface area contributed by atoms with Gasteiger partial charge in [-0.3, -0.25) is 5.10 Å². The molecular weight excluding hydrogens is 491 g/mol. The summed E-state index contributed by atoms with van der Waals surface area (Å²) in [6, 6.07) is 4.54. The molecule has 31 heavy (non-hydrogen) atoms. The number of alkyl halides is 13. The fourth-order valence-corrected chi connectivity index (χ4v) is 2.32. The molecule has 0 aliphatic rings. The highest BCUT2D eigenvalue weighted by molar-refractivity contribution is 6.30. The van der Waals surface area contributed by atoms with Crippen LogP contribution in [0.2, 0.25) is 5.02 Å². The standard InChI is InChI=1S/C15H6ClF13N2/c16-7-3-1-6(2-4-7)8-5-9(31-30-8)10(17,18)11(19,20)12(21,22)13(23,24)14(25,26)15(27,28)29/h1-5H,(H,30,31). The minimum Gasteiger partial charge on any atom is -0.276 e. The lowest BCUT2D eigenvalue weighted by molar-refractivity contribution is -0.442. The number of hydrogen-bond donors (Lipinski definition) is 1. The van der Waals surface area contributed by atoms with Crippen molar-refractivity contribution in [1.29, 1.82) is 0 Å². The number of aromatic amines is 1. The summed E-state index contributed by atoms with van der Waals surface area (Å²) >= 11 is 5.56. The third-order valence-corrected chi connectivity index (χ3v) is 4.24. The van der Waals surface area contributed by atoms with Crippen molar-refractivity contribution in [2.45, 2.75) is 35.8 Å². The van der Waals surface area contributed by atoms with Gasteiger partial charge in [-0.2, -0.15) is 62.2 Å². The molecule has 2 nitrogen and oxygen atoms in total. The third kappa shape index (κ3) is 3.59. The van der Waals surface area contributed by atoms with Gasteiger partial charge in [-0.1, -0.05) is 23.7 Å². The number of rotatable bonds is 6. The Morgan fingerprint density at radius 3 is 1.55 bits per heavy atom. The minimum absolute atomic E-state index is 0.00667. The summed E-state index contributed by atoms with van der Waals surface area (Å²) in [7, 11) is 0. The summed E-state index contributed by atoms with van der Waals surface area (Å²) < 4.78 is 171. The van der Waals surface area contributed by atoms with Crippen LogP contribution >= 0.6 is 11.6 Å². The number of hydrogen-bond acceptors (Lipinski definition) is 1. The molecule has 1 N–H and O–H groups in total. The molecule has 174 valence electrons. The summed E-state index contributed by atoms with van der Waals surface area (Å²) in [5, 5.41) is 4.37. The van der Waals surface area contributed by atoms with Gasteiger partial charge in [-0.05, 0) is 18.2 Å². The maximum atomic E-state index is 14.1. The van der Waals surface area contributed by atoms with E-state index >= 15 is 0 Å². The number of aromatic nitrogens is 2. The molecule has 0 bridgehead atoms. The van der Waals surface area contributed by atoms with E-state index in [2.05, 4.69) is 5.10 Å². The van der Waals surface area contributed by atoms with Gasteiger partial charge in [0.2, 0.25) is 0 Å². The second kappa shape index (κ2) is 7.17. The molecule has 1 aromatic carbocycles. The Morgan fingerprint density at radius 2 is 1.10 bits per heavy atom. The van der Waals surface area contributed by atoms with Gasteiger partial charge in [0.25, 0.3) is 0 Å². The molecule has 2 aromatic rings. The van der Waals surface area contributed by atoms with Crippen molar-refractivity contribution in [3.8, 4) is 11.3 Å². The lowest BCUT2D eigenvalue weighted by Crippen LogP contribution is -2.69. The van der Waals surface area contributed by atoms with Gasteiger partial charge in [0.05, 0.1) is 5.69 Å². The highest BCUT2D eigenvalue weighted by Crippen LogP contribution is 2.61. The van der Waals surface area contributed by atoms with Crippen LogP contribution in [0, 0.1) is 0 Å². The smallest absolute Gasteiger partial charge is 0.276 e. The van der Waals surface area contributed by atoms with E-state index in [0.717, 1.165) is 17.2 Å². The summed E-state index contributed by atoms with van der Waals surface area (Å²) in [6.45, 7) is 0. The predicted molar refractivity (Wildman–Crippen MR) is 78.8 cm³/mol. The molecule has 0 saturated heterocycles. The summed E-state index contributed by atoms with van der Waals surface area (Å²) in [6.07, 6.45) is -7.46. The van der Waals surface area contributed by atoms with Crippen LogP contribution in [0.25, 0.3) is 11.3 Å². The largest absolute Gasteiger partial charge is 0.460 e. The zero-order valence-electron chi connectivity index (χ0n) is 14.1. The molecule has 0 aliphatic carbocycles. The molecule has 0 spiro atoms. The first-order chi connectivity index (χ1) is 13.7. The van der Waals surface area contributed by atoms with Crippen LogP contribution < -0.4 is 0 Å². The Labute approximate surface area is 168 Å². The number of H-pyrrole nitrogens is 1. The first-order valence-electron chi connectivity index (χ1n) is 7.49. The molecule has 2 rings (SSSR count). The second-order valence-corrected chi connectivity index (χ2v) is 6.48. The van der Waals surface area contributed by atoms with E-state index in [9.17, 15) is 57.1 Å². The molecule has 0 atom stereocenters. The molecule has 0 amide bonds. The van der Waals surface area contributed by atoms with Crippen LogP contribution in [0.1, 0.15) is 5.69 Å². The van der Waals surface area contributed by atoms with Crippen molar-refractivity contribution >= 4 is 11.6 Å². The van der Waals surface area contributed by atoms with Crippen LogP contribution in [-0.2, 0) is 5.92 Å². The van der Waals surface area contributed by atoms with Gasteiger partial charge in [0, 0.05) is 10.6 Å². The molecule has 0 aliphatic heterocycles. The Hall–Kier alpha value is -2.19. The van der Waals surface area contributed by atoms with Gasteiger partial charge in [0.1, 0.15) is 5.69 Å². The number of nitrogens with zero attached hydrogens (tertiary/aromatic N) is 1. The molecular formula is C15H6ClF13N2. The first kappa shape index (κ1) is 25.1. The van der Waals surface area contributed by atoms with Crippen LogP contribution in [-0.4, -0.2) is 40.1 Å². The van der Waals surface area contributed by atoms with E-state index in [0.29, 0.717) is 0 Å². The van der Waals surface area contributed by atoms with Gasteiger partial charge in [-0.15, -0.1) is 0 Å². The molecule has 1 aromatic heterocycles. The first-order valence-corrected chi connectivity index (χ1v) is 7.87. The number of halogens is 14. The fraction of sp³-hybridized carbons (Fsp3) is 0.400. The van der Waals surface area contributed by atoms with E-state index in [1.54, 1.807) is 0 Å². The normalized spacial score (nSPS) is 14.8. The summed E-state index contributed by atoms with van der Waals surface area (Å²) in [5.74, 6) is -37.4. The monoisotopic (exact) mass is 496 g/mol. The van der Waals surface area contributed by atoms with Crippen molar-refractivity contribution in [3.05, 3.63) is 41.0 Å². The lowest BCUT2D eigenvalue weighted by Gasteiger charge is -2.39. The van der Waals surface area contributed by atoms with E-state index in [-0.39, 0.29) is 16.7 Å². The summed E-state index contributed by atoms with van der Waals surface area (Å²) in [5.41, 5.74) is -2.97. The number of nitrogens with one attached hydrogen (secondary N) is 1. The average molecular weight is 497 g/mol. The molecule has 16 heteroatoms. The van der Waals surface area contributed by atoms with Crippen molar-refractivity contribution in [1.82, 2.24) is 10.2 Å². The van der Waals surface area contributed by atoms with Gasteiger partial charge in [0.15, 0.2) is 0 Å². The predicted octanol–water partition coefficient (Wildman–Crippen LogP) is 6.93. The minimum atomic E-state index is -7.95. The molecule has 0 fully saturated rings. The van der Waals surface area contributed by atoms with E-state index in [1.165, 1.54) is 12.1 Å². The molecule has 0 unspecified atom stereocenters. The third-order valence-electron chi connectivity index (χ3n) is 3.99. The SMILES string of the molecule is FC(F)(F)C(F)(F)C(F)(F)C(F)(F)C(F)(F)C(F)(F)c1cc(-c2ccc(Cl)cc2)n[nH]1. The zero-order valence-corrected chi connectivity index (χ0v) is 14.9. The maximum Gasteiger partial charge on any atom is 0.460 e. The van der Waals surface area contributed by atoms with Gasteiger partial charge in [-0.25, -0.2) is 0 Å². The Balaban J connectivity index is 2.53. The zero-order chi connectivity index (χ0) is 24.3. The van der Waals surface area contributed by atoms with Crippen molar-refractivity contribution in [3.63, 3.8) is 0 Å². The molecule has 1 heterocycles. The maximum absolute atomic E-state index is 14.1. The van der Waals surface area contributed by atoms with Crippen molar-refractivity contribution in [2.24, 2.45) is 0 Å². The Bertz CT molecular complexity index is 931. The van der Waals surface area contributed by atoms with Crippen molar-refractivity contribution < 1.29 is 57.1 Å². The van der Waals surface area contributed by atoms with Crippen LogP contribution in [0.5, 0.6) is 0 Å². The van der Waals surface area contributed by atoms with E-state index in [1.807, 2.05) is 0 Å². The van der Waals surface area contributed by atoms with E-state index < -0.39 is 47.2 Å². The van der Waals surface area contributed by atoms with Crippen molar-refractivity contribution in [2.75, 3.05) is 0 Å². The van der Waals surface area contributed by atoms with Gasteiger partial charge < -0.3 is 0 Å². The van der Waals surface area contributed by atoms with Gasteiger partial charge >= 0.3 is 35.8 Å². The topological polar surface area (TPSA) is 28.7 Å². The summed E-state index contributed by atoms with van der Waals surface area (Å²) in [4.78, 5) is 0. The number of benzene rings is 1.